The van der Waals surface area contributed by atoms with E-state index in [9.17, 15) is 18.8 Å². The van der Waals surface area contributed by atoms with Crippen LogP contribution in [0.3, 0.4) is 0 Å². The topological polar surface area (TPSA) is 93.7 Å². The summed E-state index contributed by atoms with van der Waals surface area (Å²) in [6.45, 7) is 3.79. The van der Waals surface area contributed by atoms with Gasteiger partial charge in [0.1, 0.15) is 18.1 Å². The van der Waals surface area contributed by atoms with Crippen LogP contribution in [-0.4, -0.2) is 43.6 Å². The summed E-state index contributed by atoms with van der Waals surface area (Å²) in [5, 5.41) is 5.10. The summed E-state index contributed by atoms with van der Waals surface area (Å²) in [5.41, 5.74) is 1.25. The van der Waals surface area contributed by atoms with Gasteiger partial charge in [0.25, 0.3) is 11.8 Å². The number of halogens is 1. The molecule has 0 aliphatic carbocycles. The first-order valence-corrected chi connectivity index (χ1v) is 9.61. The van der Waals surface area contributed by atoms with Crippen molar-refractivity contribution in [3.05, 3.63) is 65.5 Å². The lowest BCUT2D eigenvalue weighted by Crippen LogP contribution is -2.39. The lowest BCUT2D eigenvalue weighted by atomic mass is 10.1. The summed E-state index contributed by atoms with van der Waals surface area (Å²) in [6.07, 6.45) is -0.488. The number of nitrogens with one attached hydrogen (secondary N) is 2. The predicted octanol–water partition coefficient (Wildman–Crippen LogP) is 2.24. The molecule has 0 heterocycles. The van der Waals surface area contributed by atoms with Crippen molar-refractivity contribution in [2.45, 2.75) is 26.4 Å². The van der Waals surface area contributed by atoms with Crippen LogP contribution in [-0.2, 0) is 20.7 Å². The Bertz CT molecular complexity index is 853. The Kier molecular flexibility index (Phi) is 8.80. The van der Waals surface area contributed by atoms with Crippen LogP contribution in [0.1, 0.15) is 29.8 Å². The van der Waals surface area contributed by atoms with Crippen LogP contribution in [0.5, 0.6) is 5.75 Å². The van der Waals surface area contributed by atoms with Gasteiger partial charge in [-0.1, -0.05) is 12.1 Å². The Morgan fingerprint density at radius 3 is 2.30 bits per heavy atom. The van der Waals surface area contributed by atoms with Crippen LogP contribution in [0.4, 0.5) is 4.39 Å². The molecule has 2 aromatic carbocycles. The molecule has 0 bridgehead atoms. The largest absolute Gasteiger partial charge is 0.494 e. The summed E-state index contributed by atoms with van der Waals surface area (Å²) in [7, 11) is 0. The Hall–Kier alpha value is -3.42. The molecule has 2 N–H and O–H groups in total. The quantitative estimate of drug-likeness (QED) is 0.580. The zero-order chi connectivity index (χ0) is 21.9. The number of rotatable bonds is 10. The molecule has 2 aromatic rings. The van der Waals surface area contributed by atoms with Gasteiger partial charge in [0.05, 0.1) is 6.61 Å². The summed E-state index contributed by atoms with van der Waals surface area (Å²) in [5.74, 6) is -1.30. The van der Waals surface area contributed by atoms with E-state index in [-0.39, 0.29) is 12.4 Å². The third-order valence-corrected chi connectivity index (χ3v) is 4.12. The second-order valence-electron chi connectivity index (χ2n) is 6.44. The third-order valence-electron chi connectivity index (χ3n) is 4.12. The molecule has 2 amide bonds. The minimum absolute atomic E-state index is 0.320. The fourth-order valence-corrected chi connectivity index (χ4v) is 2.54. The molecule has 1 atom stereocenters. The second kappa shape index (κ2) is 11.5. The van der Waals surface area contributed by atoms with Crippen molar-refractivity contribution in [3.63, 3.8) is 0 Å². The van der Waals surface area contributed by atoms with Gasteiger partial charge in [-0.2, -0.15) is 0 Å². The van der Waals surface area contributed by atoms with Gasteiger partial charge in [-0.25, -0.2) is 4.39 Å². The van der Waals surface area contributed by atoms with Gasteiger partial charge in [0, 0.05) is 12.1 Å². The van der Waals surface area contributed by atoms with E-state index in [1.807, 2.05) is 6.92 Å². The molecule has 0 aliphatic heterocycles. The molecule has 2 rings (SSSR count). The molecular weight excluding hydrogens is 391 g/mol. The highest BCUT2D eigenvalue weighted by Crippen LogP contribution is 2.11. The van der Waals surface area contributed by atoms with Gasteiger partial charge in [-0.05, 0) is 62.2 Å². The maximum absolute atomic E-state index is 12.9. The maximum Gasteiger partial charge on any atom is 0.326 e. The Balaban J connectivity index is 1.69. The van der Waals surface area contributed by atoms with Crippen molar-refractivity contribution in [3.8, 4) is 5.75 Å². The van der Waals surface area contributed by atoms with Crippen LogP contribution in [0, 0.1) is 5.82 Å². The van der Waals surface area contributed by atoms with Crippen LogP contribution in [0.15, 0.2) is 48.5 Å². The highest BCUT2D eigenvalue weighted by molar-refractivity contribution is 5.96. The van der Waals surface area contributed by atoms with Gasteiger partial charge < -0.3 is 20.1 Å². The van der Waals surface area contributed by atoms with E-state index in [1.54, 1.807) is 36.4 Å². The van der Waals surface area contributed by atoms with Crippen molar-refractivity contribution in [2.24, 2.45) is 0 Å². The molecule has 0 aromatic heterocycles. The fraction of sp³-hybridized carbons (Fsp3) is 0.318. The lowest BCUT2D eigenvalue weighted by molar-refractivity contribution is -0.153. The molecule has 30 heavy (non-hydrogen) atoms. The zero-order valence-electron chi connectivity index (χ0n) is 16.9. The summed E-state index contributed by atoms with van der Waals surface area (Å²) in [4.78, 5) is 36.0. The summed E-state index contributed by atoms with van der Waals surface area (Å²) >= 11 is 0. The summed E-state index contributed by atoms with van der Waals surface area (Å²) in [6, 6.07) is 12.5. The number of ether oxygens (including phenoxy) is 2. The lowest BCUT2D eigenvalue weighted by Gasteiger charge is -2.14. The van der Waals surface area contributed by atoms with Crippen molar-refractivity contribution in [1.29, 1.82) is 0 Å². The Morgan fingerprint density at radius 2 is 1.67 bits per heavy atom. The predicted molar refractivity (Wildman–Crippen MR) is 109 cm³/mol. The van der Waals surface area contributed by atoms with E-state index in [1.165, 1.54) is 19.1 Å². The van der Waals surface area contributed by atoms with Gasteiger partial charge in [-0.3, -0.25) is 14.4 Å². The molecule has 0 saturated heterocycles. The van der Waals surface area contributed by atoms with E-state index < -0.39 is 23.9 Å². The molecule has 0 aliphatic rings. The molecule has 0 saturated carbocycles. The smallest absolute Gasteiger partial charge is 0.326 e. The molecule has 0 spiro atoms. The minimum Gasteiger partial charge on any atom is -0.494 e. The second-order valence-corrected chi connectivity index (χ2v) is 6.44. The number of amides is 2. The van der Waals surface area contributed by atoms with E-state index in [0.29, 0.717) is 30.9 Å². The van der Waals surface area contributed by atoms with E-state index in [2.05, 4.69) is 10.6 Å². The number of hydrogen-bond donors (Lipinski definition) is 2. The van der Waals surface area contributed by atoms with E-state index in [0.717, 1.165) is 5.56 Å². The first kappa shape index (κ1) is 22.9. The minimum atomic E-state index is -1.01. The highest BCUT2D eigenvalue weighted by Gasteiger charge is 2.18. The maximum atomic E-state index is 12.9. The van der Waals surface area contributed by atoms with Crippen molar-refractivity contribution < 1.29 is 28.2 Å². The van der Waals surface area contributed by atoms with E-state index >= 15 is 0 Å². The van der Waals surface area contributed by atoms with Crippen molar-refractivity contribution in [1.82, 2.24) is 10.6 Å². The monoisotopic (exact) mass is 416 g/mol. The molecule has 160 valence electrons. The molecule has 8 heteroatoms. The number of esters is 1. The SMILES string of the molecule is CCOc1ccc(C(=O)NCC(=O)O[C@H](C)C(=O)NCCc2ccc(F)cc2)cc1. The first-order chi connectivity index (χ1) is 14.4. The van der Waals surface area contributed by atoms with Gasteiger partial charge in [0.2, 0.25) is 0 Å². The van der Waals surface area contributed by atoms with Crippen LogP contribution >= 0.6 is 0 Å². The molecule has 0 fully saturated rings. The fourth-order valence-electron chi connectivity index (χ4n) is 2.54. The Morgan fingerprint density at radius 1 is 1.00 bits per heavy atom. The van der Waals surface area contributed by atoms with Crippen LogP contribution in [0.25, 0.3) is 0 Å². The highest BCUT2D eigenvalue weighted by atomic mass is 19.1. The zero-order valence-corrected chi connectivity index (χ0v) is 16.9. The van der Waals surface area contributed by atoms with Crippen LogP contribution in [0.2, 0.25) is 0 Å². The summed E-state index contributed by atoms with van der Waals surface area (Å²) < 4.78 is 23.2. The average Bonchev–Trinajstić information content (AvgIpc) is 2.74. The molecule has 7 nitrogen and oxygen atoms in total. The van der Waals surface area contributed by atoms with Gasteiger partial charge in [-0.15, -0.1) is 0 Å². The van der Waals surface area contributed by atoms with Crippen molar-refractivity contribution in [2.75, 3.05) is 19.7 Å². The van der Waals surface area contributed by atoms with Gasteiger partial charge >= 0.3 is 5.97 Å². The van der Waals surface area contributed by atoms with Crippen LogP contribution < -0.4 is 15.4 Å². The number of benzene rings is 2. The number of carbonyl (C=O) groups is 3. The van der Waals surface area contributed by atoms with E-state index in [4.69, 9.17) is 9.47 Å². The van der Waals surface area contributed by atoms with Crippen molar-refractivity contribution >= 4 is 17.8 Å². The Labute approximate surface area is 174 Å². The normalized spacial score (nSPS) is 11.3. The molecule has 0 radical (unpaired) electrons. The number of carbonyl (C=O) groups excluding carboxylic acids is 3. The molecule has 0 unspecified atom stereocenters. The molecular formula is C22H25FN2O5. The third kappa shape index (κ3) is 7.54. The first-order valence-electron chi connectivity index (χ1n) is 9.61. The number of hydrogen-bond acceptors (Lipinski definition) is 5. The standard InChI is InChI=1S/C22H25FN2O5/c1-3-29-19-10-6-17(7-11-19)22(28)25-14-20(26)30-15(2)21(27)24-13-12-16-4-8-18(23)9-5-16/h4-11,15H,3,12-14H2,1-2H3,(H,24,27)(H,25,28)/t15-/m1/s1. The average molecular weight is 416 g/mol. The van der Waals surface area contributed by atoms with Gasteiger partial charge in [0.15, 0.2) is 6.10 Å².